The zero-order chi connectivity index (χ0) is 22.3. The number of carbonyl (C=O) groups is 2. The van der Waals surface area contributed by atoms with Crippen molar-refractivity contribution < 1.29 is 9.59 Å². The standard InChI is InChI=1S/C26H28N4O2/c1-29-16-7-17-30(19-18-29)22-14-12-20(13-15-22)25(31)28-24-11-6-5-10-23(24)26(32)27-21-8-3-2-4-9-21/h2-6,8-15H,7,16-19H2,1H3,(H,27,32)(H,28,31). The number of rotatable bonds is 5. The second kappa shape index (κ2) is 10.1. The summed E-state index contributed by atoms with van der Waals surface area (Å²) in [6, 6.07) is 23.9. The molecule has 1 heterocycles. The first-order valence-electron chi connectivity index (χ1n) is 10.9. The number of hydrogen-bond donors (Lipinski definition) is 2. The number of amides is 2. The molecule has 1 fully saturated rings. The Kier molecular flexibility index (Phi) is 6.82. The maximum Gasteiger partial charge on any atom is 0.257 e. The molecule has 1 aliphatic heterocycles. The summed E-state index contributed by atoms with van der Waals surface area (Å²) < 4.78 is 0. The molecular weight excluding hydrogens is 400 g/mol. The van der Waals surface area contributed by atoms with E-state index >= 15 is 0 Å². The van der Waals surface area contributed by atoms with Crippen molar-refractivity contribution in [2.75, 3.05) is 48.8 Å². The fourth-order valence-corrected chi connectivity index (χ4v) is 3.83. The highest BCUT2D eigenvalue weighted by Gasteiger charge is 2.16. The molecule has 32 heavy (non-hydrogen) atoms. The largest absolute Gasteiger partial charge is 0.370 e. The van der Waals surface area contributed by atoms with Crippen molar-refractivity contribution in [2.45, 2.75) is 6.42 Å². The number of hydrogen-bond acceptors (Lipinski definition) is 4. The van der Waals surface area contributed by atoms with E-state index in [0.29, 0.717) is 22.5 Å². The van der Waals surface area contributed by atoms with Crippen LogP contribution >= 0.6 is 0 Å². The quantitative estimate of drug-likeness (QED) is 0.635. The monoisotopic (exact) mass is 428 g/mol. The van der Waals surface area contributed by atoms with Crippen LogP contribution in [0.15, 0.2) is 78.9 Å². The van der Waals surface area contributed by atoms with Gasteiger partial charge in [0.1, 0.15) is 0 Å². The minimum absolute atomic E-state index is 0.243. The molecule has 4 rings (SSSR count). The lowest BCUT2D eigenvalue weighted by Gasteiger charge is -2.23. The minimum atomic E-state index is -0.270. The van der Waals surface area contributed by atoms with Crippen molar-refractivity contribution in [3.63, 3.8) is 0 Å². The highest BCUT2D eigenvalue weighted by molar-refractivity contribution is 6.12. The molecule has 6 nitrogen and oxygen atoms in total. The first-order chi connectivity index (χ1) is 15.6. The van der Waals surface area contributed by atoms with Gasteiger partial charge in [0.15, 0.2) is 0 Å². The molecule has 3 aromatic carbocycles. The molecule has 3 aromatic rings. The second-order valence-corrected chi connectivity index (χ2v) is 8.01. The summed E-state index contributed by atoms with van der Waals surface area (Å²) in [7, 11) is 2.15. The second-order valence-electron chi connectivity index (χ2n) is 8.01. The van der Waals surface area contributed by atoms with Gasteiger partial charge in [-0.15, -0.1) is 0 Å². The van der Waals surface area contributed by atoms with Crippen LogP contribution in [0.4, 0.5) is 17.1 Å². The minimum Gasteiger partial charge on any atom is -0.370 e. The van der Waals surface area contributed by atoms with E-state index in [9.17, 15) is 9.59 Å². The molecular formula is C26H28N4O2. The molecule has 0 radical (unpaired) electrons. The molecule has 164 valence electrons. The van der Waals surface area contributed by atoms with Crippen molar-refractivity contribution in [3.05, 3.63) is 90.0 Å². The zero-order valence-electron chi connectivity index (χ0n) is 18.3. The molecule has 0 unspecified atom stereocenters. The van der Waals surface area contributed by atoms with Gasteiger partial charge < -0.3 is 20.4 Å². The summed E-state index contributed by atoms with van der Waals surface area (Å²) in [5, 5.41) is 5.75. The van der Waals surface area contributed by atoms with E-state index in [4.69, 9.17) is 0 Å². The van der Waals surface area contributed by atoms with E-state index < -0.39 is 0 Å². The molecule has 0 aliphatic carbocycles. The molecule has 0 aromatic heterocycles. The Morgan fingerprint density at radius 3 is 2.22 bits per heavy atom. The third-order valence-corrected chi connectivity index (χ3v) is 5.67. The van der Waals surface area contributed by atoms with Crippen LogP contribution in [0.3, 0.4) is 0 Å². The van der Waals surface area contributed by atoms with Gasteiger partial charge in [0, 0.05) is 36.6 Å². The first-order valence-corrected chi connectivity index (χ1v) is 10.9. The molecule has 6 heteroatoms. The average Bonchev–Trinajstić information content (AvgIpc) is 3.04. The Labute approximate surface area is 188 Å². The summed E-state index contributed by atoms with van der Waals surface area (Å²) >= 11 is 0. The van der Waals surface area contributed by atoms with Gasteiger partial charge in [-0.05, 0) is 68.5 Å². The number of carbonyl (C=O) groups excluding carboxylic acids is 2. The summed E-state index contributed by atoms with van der Waals surface area (Å²) in [6.45, 7) is 4.13. The van der Waals surface area contributed by atoms with E-state index in [1.54, 1.807) is 24.3 Å². The van der Waals surface area contributed by atoms with E-state index in [-0.39, 0.29) is 11.8 Å². The van der Waals surface area contributed by atoms with E-state index in [1.165, 1.54) is 0 Å². The Morgan fingerprint density at radius 2 is 1.44 bits per heavy atom. The number of anilines is 3. The van der Waals surface area contributed by atoms with Gasteiger partial charge in [0.05, 0.1) is 11.3 Å². The Balaban J connectivity index is 1.44. The third kappa shape index (κ3) is 5.34. The van der Waals surface area contributed by atoms with Crippen molar-refractivity contribution in [1.29, 1.82) is 0 Å². The number of nitrogens with zero attached hydrogens (tertiary/aromatic N) is 2. The van der Waals surface area contributed by atoms with Crippen molar-refractivity contribution >= 4 is 28.9 Å². The van der Waals surface area contributed by atoms with Crippen molar-refractivity contribution in [1.82, 2.24) is 4.90 Å². The Morgan fingerprint density at radius 1 is 0.719 bits per heavy atom. The van der Waals surface area contributed by atoms with Crippen LogP contribution in [0.5, 0.6) is 0 Å². The molecule has 1 saturated heterocycles. The van der Waals surface area contributed by atoms with Gasteiger partial charge in [0.2, 0.25) is 0 Å². The lowest BCUT2D eigenvalue weighted by molar-refractivity contribution is 0.102. The van der Waals surface area contributed by atoms with Crippen LogP contribution < -0.4 is 15.5 Å². The SMILES string of the molecule is CN1CCCN(c2ccc(C(=O)Nc3ccccc3C(=O)Nc3ccccc3)cc2)CC1. The first kappa shape index (κ1) is 21.6. The molecule has 2 N–H and O–H groups in total. The van der Waals surface area contributed by atoms with Gasteiger partial charge in [0.25, 0.3) is 11.8 Å². The number of likely N-dealkylation sites (N-methyl/N-ethyl adjacent to an activating group) is 1. The molecule has 0 spiro atoms. The van der Waals surface area contributed by atoms with E-state index in [0.717, 1.165) is 38.3 Å². The molecule has 1 aliphatic rings. The van der Waals surface area contributed by atoms with Crippen LogP contribution in [0.2, 0.25) is 0 Å². The normalized spacial score (nSPS) is 14.5. The fourth-order valence-electron chi connectivity index (χ4n) is 3.83. The third-order valence-electron chi connectivity index (χ3n) is 5.67. The maximum absolute atomic E-state index is 12.9. The van der Waals surface area contributed by atoms with E-state index in [2.05, 4.69) is 27.5 Å². The summed E-state index contributed by atoms with van der Waals surface area (Å²) in [5.74, 6) is -0.513. The van der Waals surface area contributed by atoms with Gasteiger partial charge in [-0.3, -0.25) is 9.59 Å². The Hall–Kier alpha value is -3.64. The van der Waals surface area contributed by atoms with Crippen molar-refractivity contribution in [3.8, 4) is 0 Å². The lowest BCUT2D eigenvalue weighted by atomic mass is 10.1. The number of benzene rings is 3. The summed E-state index contributed by atoms with van der Waals surface area (Å²) in [5.41, 5.74) is 3.27. The van der Waals surface area contributed by atoms with Crippen LogP contribution in [0, 0.1) is 0 Å². The van der Waals surface area contributed by atoms with Gasteiger partial charge in [-0.1, -0.05) is 30.3 Å². The summed E-state index contributed by atoms with van der Waals surface area (Å²) in [6.07, 6.45) is 1.13. The van der Waals surface area contributed by atoms with Crippen LogP contribution in [0.1, 0.15) is 27.1 Å². The zero-order valence-corrected chi connectivity index (χ0v) is 18.3. The number of para-hydroxylation sites is 2. The Bertz CT molecular complexity index is 1070. The average molecular weight is 429 g/mol. The topological polar surface area (TPSA) is 64.7 Å². The maximum atomic E-state index is 12.9. The van der Waals surface area contributed by atoms with Gasteiger partial charge in [-0.25, -0.2) is 0 Å². The van der Waals surface area contributed by atoms with Crippen LogP contribution in [-0.4, -0.2) is 49.9 Å². The van der Waals surface area contributed by atoms with Gasteiger partial charge >= 0.3 is 0 Å². The number of nitrogens with one attached hydrogen (secondary N) is 2. The van der Waals surface area contributed by atoms with Crippen molar-refractivity contribution in [2.24, 2.45) is 0 Å². The van der Waals surface area contributed by atoms with Crippen LogP contribution in [-0.2, 0) is 0 Å². The highest BCUT2D eigenvalue weighted by Crippen LogP contribution is 2.21. The lowest BCUT2D eigenvalue weighted by Crippen LogP contribution is -2.28. The summed E-state index contributed by atoms with van der Waals surface area (Å²) in [4.78, 5) is 30.3. The molecule has 0 bridgehead atoms. The van der Waals surface area contributed by atoms with E-state index in [1.807, 2.05) is 54.6 Å². The molecule has 0 atom stereocenters. The predicted molar refractivity (Wildman–Crippen MR) is 130 cm³/mol. The van der Waals surface area contributed by atoms with Crippen LogP contribution in [0.25, 0.3) is 0 Å². The highest BCUT2D eigenvalue weighted by atomic mass is 16.2. The molecule has 2 amide bonds. The smallest absolute Gasteiger partial charge is 0.257 e. The van der Waals surface area contributed by atoms with Gasteiger partial charge in [-0.2, -0.15) is 0 Å². The predicted octanol–water partition coefficient (Wildman–Crippen LogP) is 4.33. The molecule has 0 saturated carbocycles. The fraction of sp³-hybridized carbons (Fsp3) is 0.231.